The van der Waals surface area contributed by atoms with Gasteiger partial charge in [-0.25, -0.2) is 0 Å². The molecule has 0 atom stereocenters. The van der Waals surface area contributed by atoms with Crippen LogP contribution in [0.15, 0.2) is 18.2 Å². The molecule has 1 rings (SSSR count). The van der Waals surface area contributed by atoms with E-state index < -0.39 is 0 Å². The number of anilines is 1. The Bertz CT molecular complexity index is 268. The highest BCUT2D eigenvalue weighted by atomic mass is 16.1. The van der Waals surface area contributed by atoms with Crippen molar-refractivity contribution < 1.29 is 4.79 Å². The molecule has 0 bridgehead atoms. The average molecular weight is 149 g/mol. The molecule has 0 aromatic heterocycles. The maximum absolute atomic E-state index is 10.5. The molecule has 0 aliphatic heterocycles. The van der Waals surface area contributed by atoms with Gasteiger partial charge in [0.1, 0.15) is 0 Å². The molecule has 0 spiro atoms. The van der Waals surface area contributed by atoms with E-state index in [9.17, 15) is 4.79 Å². The first-order valence-corrected chi connectivity index (χ1v) is 3.62. The van der Waals surface area contributed by atoms with Gasteiger partial charge in [0, 0.05) is 11.3 Å². The summed E-state index contributed by atoms with van der Waals surface area (Å²) in [6, 6.07) is 5.52. The van der Waals surface area contributed by atoms with Crippen molar-refractivity contribution in [3.63, 3.8) is 0 Å². The molecule has 0 heterocycles. The van der Waals surface area contributed by atoms with Gasteiger partial charge in [0.25, 0.3) is 0 Å². The van der Waals surface area contributed by atoms with E-state index >= 15 is 0 Å². The largest absolute Gasteiger partial charge is 0.398 e. The van der Waals surface area contributed by atoms with Crippen molar-refractivity contribution >= 4 is 12.0 Å². The average Bonchev–Trinajstić information content (AvgIpc) is 2.04. The van der Waals surface area contributed by atoms with Crippen molar-refractivity contribution in [1.29, 1.82) is 0 Å². The zero-order valence-electron chi connectivity index (χ0n) is 6.50. The summed E-state index contributed by atoms with van der Waals surface area (Å²) in [6.45, 7) is 2.00. The summed E-state index contributed by atoms with van der Waals surface area (Å²) >= 11 is 0. The number of nitrogen functional groups attached to an aromatic ring is 1. The highest BCUT2D eigenvalue weighted by Gasteiger charge is 2.01. The van der Waals surface area contributed by atoms with Crippen molar-refractivity contribution in [2.75, 3.05) is 5.73 Å². The zero-order valence-corrected chi connectivity index (χ0v) is 6.50. The molecule has 2 heteroatoms. The molecule has 11 heavy (non-hydrogen) atoms. The Morgan fingerprint density at radius 2 is 2.27 bits per heavy atom. The number of benzene rings is 1. The summed E-state index contributed by atoms with van der Waals surface area (Å²) < 4.78 is 0. The Balaban J connectivity index is 3.24. The van der Waals surface area contributed by atoms with Gasteiger partial charge in [0.05, 0.1) is 0 Å². The lowest BCUT2D eigenvalue weighted by molar-refractivity contribution is 0.112. The predicted molar refractivity (Wildman–Crippen MR) is 45.6 cm³/mol. The maximum atomic E-state index is 10.5. The van der Waals surface area contributed by atoms with Crippen LogP contribution in [0.1, 0.15) is 22.8 Å². The van der Waals surface area contributed by atoms with Crippen LogP contribution in [-0.4, -0.2) is 6.29 Å². The number of rotatable bonds is 2. The zero-order chi connectivity index (χ0) is 8.27. The fraction of sp³-hybridized carbons (Fsp3) is 0.222. The smallest absolute Gasteiger partial charge is 0.152 e. The van der Waals surface area contributed by atoms with Crippen molar-refractivity contribution in [3.8, 4) is 0 Å². The minimum Gasteiger partial charge on any atom is -0.398 e. The van der Waals surface area contributed by atoms with Gasteiger partial charge in [-0.1, -0.05) is 19.1 Å². The first kappa shape index (κ1) is 7.79. The molecule has 0 unspecified atom stereocenters. The summed E-state index contributed by atoms with van der Waals surface area (Å²) in [5.74, 6) is 0. The molecule has 0 aliphatic carbocycles. The summed E-state index contributed by atoms with van der Waals surface area (Å²) in [7, 11) is 0. The van der Waals surface area contributed by atoms with E-state index in [-0.39, 0.29) is 0 Å². The Labute approximate surface area is 66.0 Å². The lowest BCUT2D eigenvalue weighted by atomic mass is 10.0. The molecule has 0 radical (unpaired) electrons. The second-order valence-corrected chi connectivity index (χ2v) is 2.39. The maximum Gasteiger partial charge on any atom is 0.152 e. The first-order valence-electron chi connectivity index (χ1n) is 3.62. The fourth-order valence-electron chi connectivity index (χ4n) is 1.08. The van der Waals surface area contributed by atoms with E-state index in [0.29, 0.717) is 11.3 Å². The van der Waals surface area contributed by atoms with Crippen molar-refractivity contribution in [2.45, 2.75) is 13.3 Å². The van der Waals surface area contributed by atoms with Crippen LogP contribution in [0, 0.1) is 0 Å². The van der Waals surface area contributed by atoms with Crippen LogP contribution in [0.5, 0.6) is 0 Å². The van der Waals surface area contributed by atoms with Crippen LogP contribution in [0.2, 0.25) is 0 Å². The van der Waals surface area contributed by atoms with E-state index in [2.05, 4.69) is 0 Å². The Morgan fingerprint density at radius 3 is 2.73 bits per heavy atom. The quantitative estimate of drug-likeness (QED) is 0.513. The van der Waals surface area contributed by atoms with Gasteiger partial charge in [-0.15, -0.1) is 0 Å². The summed E-state index contributed by atoms with van der Waals surface area (Å²) in [5, 5.41) is 0. The van der Waals surface area contributed by atoms with Gasteiger partial charge in [0.15, 0.2) is 6.29 Å². The molecule has 0 amide bonds. The van der Waals surface area contributed by atoms with Crippen molar-refractivity contribution in [1.82, 2.24) is 0 Å². The molecule has 0 aliphatic rings. The third-order valence-electron chi connectivity index (χ3n) is 1.73. The van der Waals surface area contributed by atoms with E-state index in [1.54, 1.807) is 6.07 Å². The van der Waals surface area contributed by atoms with Gasteiger partial charge in [-0.2, -0.15) is 0 Å². The van der Waals surface area contributed by atoms with Crippen LogP contribution in [0.25, 0.3) is 0 Å². The van der Waals surface area contributed by atoms with Gasteiger partial charge in [-0.05, 0) is 18.1 Å². The second-order valence-electron chi connectivity index (χ2n) is 2.39. The number of aldehydes is 1. The molecule has 58 valence electrons. The van der Waals surface area contributed by atoms with Crippen LogP contribution in [0.3, 0.4) is 0 Å². The summed E-state index contributed by atoms with van der Waals surface area (Å²) in [4.78, 5) is 10.5. The number of hydrogen-bond acceptors (Lipinski definition) is 2. The standard InChI is InChI=1S/C9H11NO/c1-2-7-4-3-5-9(10)8(7)6-11/h3-6H,2,10H2,1H3. The Morgan fingerprint density at radius 1 is 1.55 bits per heavy atom. The lowest BCUT2D eigenvalue weighted by Gasteiger charge is -2.02. The van der Waals surface area contributed by atoms with E-state index in [1.165, 1.54) is 0 Å². The van der Waals surface area contributed by atoms with Crippen LogP contribution in [0.4, 0.5) is 5.69 Å². The van der Waals surface area contributed by atoms with Crippen LogP contribution >= 0.6 is 0 Å². The summed E-state index contributed by atoms with van der Waals surface area (Å²) in [6.07, 6.45) is 1.66. The number of carbonyl (C=O) groups is 1. The fourth-order valence-corrected chi connectivity index (χ4v) is 1.08. The highest BCUT2D eigenvalue weighted by molar-refractivity contribution is 5.85. The van der Waals surface area contributed by atoms with Gasteiger partial charge in [0.2, 0.25) is 0 Å². The summed E-state index contributed by atoms with van der Waals surface area (Å²) in [5.41, 5.74) is 7.79. The Kier molecular flexibility index (Phi) is 2.26. The SMILES string of the molecule is CCc1cccc(N)c1C=O. The minimum atomic E-state index is 0.569. The molecule has 1 aromatic carbocycles. The molecular weight excluding hydrogens is 138 g/mol. The number of nitrogens with two attached hydrogens (primary N) is 1. The highest BCUT2D eigenvalue weighted by Crippen LogP contribution is 2.14. The van der Waals surface area contributed by atoms with Crippen LogP contribution in [-0.2, 0) is 6.42 Å². The molecule has 1 aromatic rings. The topological polar surface area (TPSA) is 43.1 Å². The van der Waals surface area contributed by atoms with Gasteiger partial charge < -0.3 is 5.73 Å². The normalized spacial score (nSPS) is 9.55. The third kappa shape index (κ3) is 1.40. The van der Waals surface area contributed by atoms with Crippen molar-refractivity contribution in [3.05, 3.63) is 29.3 Å². The number of carbonyl (C=O) groups excluding carboxylic acids is 1. The molecular formula is C9H11NO. The van der Waals surface area contributed by atoms with E-state index in [4.69, 9.17) is 5.73 Å². The Hall–Kier alpha value is -1.31. The monoisotopic (exact) mass is 149 g/mol. The molecule has 0 fully saturated rings. The minimum absolute atomic E-state index is 0.569. The lowest BCUT2D eigenvalue weighted by Crippen LogP contribution is -1.97. The molecule has 2 N–H and O–H groups in total. The number of aryl methyl sites for hydroxylation is 1. The first-order chi connectivity index (χ1) is 5.29. The van der Waals surface area contributed by atoms with Crippen LogP contribution < -0.4 is 5.73 Å². The molecule has 0 saturated heterocycles. The van der Waals surface area contributed by atoms with E-state index in [1.807, 2.05) is 19.1 Å². The predicted octanol–water partition coefficient (Wildman–Crippen LogP) is 1.64. The van der Waals surface area contributed by atoms with Gasteiger partial charge in [-0.3, -0.25) is 4.79 Å². The van der Waals surface area contributed by atoms with Gasteiger partial charge >= 0.3 is 0 Å². The van der Waals surface area contributed by atoms with E-state index in [0.717, 1.165) is 18.3 Å². The molecule has 0 saturated carbocycles. The third-order valence-corrected chi connectivity index (χ3v) is 1.73. The van der Waals surface area contributed by atoms with Crippen molar-refractivity contribution in [2.24, 2.45) is 0 Å². The second kappa shape index (κ2) is 3.19. The number of hydrogen-bond donors (Lipinski definition) is 1. The molecule has 2 nitrogen and oxygen atoms in total.